The molecular weight excluding hydrogens is 1320 g/mol. The molecule has 1 aliphatic heterocycles. The van der Waals surface area contributed by atoms with Gasteiger partial charge in [0.2, 0.25) is 0 Å². The van der Waals surface area contributed by atoms with Crippen molar-refractivity contribution in [2.24, 2.45) is 21.7 Å². The number of carbonyl (C=O) groups excluding carboxylic acids is 1. The van der Waals surface area contributed by atoms with Crippen LogP contribution in [0.5, 0.6) is 0 Å². The van der Waals surface area contributed by atoms with E-state index in [1.54, 1.807) is 30.2 Å². The van der Waals surface area contributed by atoms with E-state index in [0.29, 0.717) is 28.7 Å². The van der Waals surface area contributed by atoms with Gasteiger partial charge < -0.3 is 14.9 Å². The Kier molecular flexibility index (Phi) is 36.2. The summed E-state index contributed by atoms with van der Waals surface area (Å²) in [5.41, 5.74) is 25.4. The number of fused-ring (bicyclic) bond motifs is 1. The predicted octanol–water partition coefficient (Wildman–Crippen LogP) is 27.6. The van der Waals surface area contributed by atoms with Crippen molar-refractivity contribution in [2.45, 2.75) is 252 Å². The van der Waals surface area contributed by atoms with E-state index in [1.165, 1.54) is 145 Å². The molecule has 0 spiro atoms. The van der Waals surface area contributed by atoms with Crippen molar-refractivity contribution in [1.29, 1.82) is 0 Å². The van der Waals surface area contributed by atoms with Crippen LogP contribution in [0, 0.1) is 33.5 Å². The Morgan fingerprint density at radius 1 is 0.467 bits per heavy atom. The Hall–Kier alpha value is -8.05. The van der Waals surface area contributed by atoms with Gasteiger partial charge in [-0.2, -0.15) is 0 Å². The fourth-order valence-corrected chi connectivity index (χ4v) is 16.2. The van der Waals surface area contributed by atoms with Gasteiger partial charge in [-0.15, -0.1) is 11.8 Å². The molecule has 0 fully saturated rings. The first-order valence-electron chi connectivity index (χ1n) is 39.2. The molecule has 5 aliphatic rings. The highest BCUT2D eigenvalue weighted by Gasteiger charge is 2.34. The SMILES string of the molecule is CC1=C(/C=C/C(C)=C/C=C/C(C)=C/C=C/C=C(C)/C=C/C=C(C)/C=C/C2=C(C)CC(O)CC2(C)C)C(C)(C)CC(O)C1.CC1=C(/C=C/C(C)=C/C=C/C(C)=C/C=C/C=C(C)/C=C/C=C(C)/C=C/C2=C(C)CCCC2(C)C)C(C)(C)CCC1.CCOC(=O)c1ccc(C#Cc2ccc3c(c2)C(C)(C)CCS3)nc1. The van der Waals surface area contributed by atoms with Gasteiger partial charge in [-0.05, 0) is 258 Å². The van der Waals surface area contributed by atoms with Crippen molar-refractivity contribution in [3.63, 3.8) is 0 Å². The van der Waals surface area contributed by atoms with E-state index in [9.17, 15) is 15.0 Å². The minimum atomic E-state index is -0.357. The van der Waals surface area contributed by atoms with Crippen molar-refractivity contribution >= 4 is 17.7 Å². The molecule has 4 aliphatic carbocycles. The minimum absolute atomic E-state index is 0.00547. The van der Waals surface area contributed by atoms with Crippen LogP contribution in [0.2, 0.25) is 0 Å². The summed E-state index contributed by atoms with van der Waals surface area (Å²) in [5, 5.41) is 20.2. The maximum Gasteiger partial charge on any atom is 0.339 e. The molecule has 2 aromatic rings. The summed E-state index contributed by atoms with van der Waals surface area (Å²) >= 11 is 1.92. The van der Waals surface area contributed by atoms with Gasteiger partial charge in [-0.3, -0.25) is 0 Å². The van der Waals surface area contributed by atoms with Gasteiger partial charge in [0.15, 0.2) is 0 Å². The number of thioether (sulfide) groups is 1. The second kappa shape index (κ2) is 43.2. The first kappa shape index (κ1) is 89.6. The lowest BCUT2D eigenvalue weighted by atomic mass is 9.71. The number of hydrogen-bond acceptors (Lipinski definition) is 6. The Balaban J connectivity index is 0.000000297. The molecule has 107 heavy (non-hydrogen) atoms. The lowest BCUT2D eigenvalue weighted by Gasteiger charge is -2.35. The molecule has 2 N–H and O–H groups in total. The molecule has 2 unspecified atom stereocenters. The second-order valence-corrected chi connectivity index (χ2v) is 34.7. The fourth-order valence-electron chi connectivity index (χ4n) is 14.7. The van der Waals surface area contributed by atoms with Crippen molar-refractivity contribution in [1.82, 2.24) is 4.98 Å². The van der Waals surface area contributed by atoms with E-state index in [2.05, 4.69) is 357 Å². The molecule has 2 heterocycles. The van der Waals surface area contributed by atoms with Crippen LogP contribution in [0.25, 0.3) is 0 Å². The third-order valence-electron chi connectivity index (χ3n) is 20.9. The molecule has 0 bridgehead atoms. The monoisotopic (exact) mass is 1460 g/mol. The predicted molar refractivity (Wildman–Crippen MR) is 467 cm³/mol. The number of allylic oxidation sites excluding steroid dienone is 42. The van der Waals surface area contributed by atoms with E-state index in [1.807, 2.05) is 11.8 Å². The van der Waals surface area contributed by atoms with E-state index in [-0.39, 0.29) is 34.4 Å². The van der Waals surface area contributed by atoms with Gasteiger partial charge >= 0.3 is 5.97 Å². The molecule has 572 valence electrons. The lowest BCUT2D eigenvalue weighted by molar-refractivity contribution is 0.0525. The number of rotatable bonds is 22. The number of benzene rings is 1. The van der Waals surface area contributed by atoms with Gasteiger partial charge in [0.05, 0.1) is 24.4 Å². The topological polar surface area (TPSA) is 79.6 Å². The van der Waals surface area contributed by atoms with Crippen LogP contribution in [0.3, 0.4) is 0 Å². The lowest BCUT2D eigenvalue weighted by Crippen LogP contribution is -2.28. The van der Waals surface area contributed by atoms with Crippen molar-refractivity contribution in [3.05, 3.63) is 318 Å². The van der Waals surface area contributed by atoms with Crippen molar-refractivity contribution < 1.29 is 19.7 Å². The molecule has 1 aromatic carbocycles. The third kappa shape index (κ3) is 31.2. The number of nitrogens with zero attached hydrogens (tertiary/aromatic N) is 1. The van der Waals surface area contributed by atoms with Gasteiger partial charge in [0.25, 0.3) is 0 Å². The normalized spacial score (nSPS) is 21.5. The number of ether oxygens (including phenoxy) is 1. The maximum atomic E-state index is 11.6. The standard InChI is InChI=1S/C40H56O2.C40H56.C21H21NO2S/c1-29(17-13-19-31(3)21-23-37-33(5)25-35(41)27-39(37,7)8)15-11-12-16-30(2)18-14-20-32(4)22-24-38-34(6)26-36(42)28-40(38,9)10;1-31(19-13-21-33(3)25-27-37-35(5)23-15-29-39(37,7)8)17-11-12-18-32(2)20-14-22-34(4)26-28-38-36(6)24-16-30-40(38,9)10;1-4-24-20(23)16-7-9-17(22-14-16)8-5-15-6-10-19-18(13-15)21(2,3)11-12-25-19/h11-24,35-36,41-42H,25-28H2,1-10H3;11-14,17-22,25-28H,15-16,23-24,29-30H2,1-10H3;6-7,9-10,13-14H,4,11-12H2,1-3H3/b12-11+,17-13+,18-14+,23-21+,24-22+,29-15+,30-16+,31-19+,32-20+;12-11+,19-13+,20-14+,27-25+,28-26+,31-17+,32-18+,33-21+,34-22+;. The van der Waals surface area contributed by atoms with Crippen LogP contribution in [0.15, 0.2) is 301 Å². The number of aliphatic hydroxyl groups excluding tert-OH is 2. The number of hydrogen-bond donors (Lipinski definition) is 2. The van der Waals surface area contributed by atoms with Gasteiger partial charge in [0.1, 0.15) is 5.69 Å². The zero-order valence-corrected chi connectivity index (χ0v) is 70.9. The number of pyridine rings is 1. The second-order valence-electron chi connectivity index (χ2n) is 33.6. The minimum Gasteiger partial charge on any atom is -0.462 e. The van der Waals surface area contributed by atoms with Gasteiger partial charge in [-0.25, -0.2) is 9.78 Å². The average Bonchev–Trinajstić information content (AvgIpc) is 0.787. The highest BCUT2D eigenvalue weighted by Crippen LogP contribution is 2.45. The summed E-state index contributed by atoms with van der Waals surface area (Å²) in [7, 11) is 0. The quantitative estimate of drug-likeness (QED) is 0.0695. The zero-order valence-electron chi connectivity index (χ0n) is 70.0. The average molecular weight is 1460 g/mol. The number of aliphatic hydroxyl groups is 2. The highest BCUT2D eigenvalue weighted by atomic mass is 32.2. The van der Waals surface area contributed by atoms with Crippen LogP contribution in [0.4, 0.5) is 0 Å². The van der Waals surface area contributed by atoms with Gasteiger partial charge in [0, 0.05) is 16.7 Å². The fraction of sp³-hybridized carbons (Fsp3) is 0.426. The molecule has 1 aromatic heterocycles. The summed E-state index contributed by atoms with van der Waals surface area (Å²) in [4.78, 5) is 17.2. The summed E-state index contributed by atoms with van der Waals surface area (Å²) in [6, 6.07) is 9.87. The summed E-state index contributed by atoms with van der Waals surface area (Å²) in [6.07, 6.45) is 73.7. The van der Waals surface area contributed by atoms with E-state index < -0.39 is 0 Å². The maximum absolute atomic E-state index is 11.6. The Morgan fingerprint density at radius 3 is 1.18 bits per heavy atom. The summed E-state index contributed by atoms with van der Waals surface area (Å²) < 4.78 is 4.95. The largest absolute Gasteiger partial charge is 0.462 e. The highest BCUT2D eigenvalue weighted by molar-refractivity contribution is 7.99. The zero-order chi connectivity index (χ0) is 79.1. The van der Waals surface area contributed by atoms with Crippen molar-refractivity contribution in [3.8, 4) is 11.8 Å². The van der Waals surface area contributed by atoms with Gasteiger partial charge in [-0.1, -0.05) is 312 Å². The molecule has 5 nitrogen and oxygen atoms in total. The molecule has 6 heteroatoms. The van der Waals surface area contributed by atoms with Crippen LogP contribution >= 0.6 is 11.8 Å². The Morgan fingerprint density at radius 2 is 0.832 bits per heavy atom. The van der Waals surface area contributed by atoms with E-state index >= 15 is 0 Å². The molecule has 0 saturated heterocycles. The van der Waals surface area contributed by atoms with Crippen molar-refractivity contribution in [2.75, 3.05) is 12.4 Å². The first-order chi connectivity index (χ1) is 50.4. The number of aromatic nitrogens is 1. The van der Waals surface area contributed by atoms with E-state index in [0.717, 1.165) is 31.2 Å². The summed E-state index contributed by atoms with van der Waals surface area (Å²) in [5.74, 6) is 7.07. The first-order valence-corrected chi connectivity index (χ1v) is 40.2. The third-order valence-corrected chi connectivity index (χ3v) is 22.0. The smallest absolute Gasteiger partial charge is 0.339 e. The molecule has 7 rings (SSSR count). The van der Waals surface area contributed by atoms with Crippen LogP contribution in [-0.2, 0) is 10.2 Å². The number of carbonyl (C=O) groups is 1. The Labute approximate surface area is 654 Å². The van der Waals surface area contributed by atoms with Crippen LogP contribution in [0.1, 0.15) is 257 Å². The van der Waals surface area contributed by atoms with Crippen LogP contribution < -0.4 is 0 Å². The van der Waals surface area contributed by atoms with E-state index in [4.69, 9.17) is 4.74 Å². The van der Waals surface area contributed by atoms with Crippen LogP contribution in [-0.4, -0.2) is 45.7 Å². The molecular formula is C101H133NO4S. The number of esters is 1. The molecule has 0 radical (unpaired) electrons. The molecule has 0 amide bonds. The summed E-state index contributed by atoms with van der Waals surface area (Å²) in [6.45, 7) is 51.0. The Bertz CT molecular complexity index is 4010. The molecule has 0 saturated carbocycles. The molecule has 2 atom stereocenters.